The summed E-state index contributed by atoms with van der Waals surface area (Å²) < 4.78 is 35.6. The van der Waals surface area contributed by atoms with Crippen LogP contribution in [0.15, 0.2) is 18.2 Å². The largest absolute Gasteiger partial charge is 0.337 e. The number of primary sulfonamides is 1. The van der Waals surface area contributed by atoms with E-state index in [0.29, 0.717) is 5.56 Å². The summed E-state index contributed by atoms with van der Waals surface area (Å²) in [7, 11) is -3.70. The van der Waals surface area contributed by atoms with E-state index in [-0.39, 0.29) is 31.2 Å². The zero-order chi connectivity index (χ0) is 14.2. The third-order valence-electron chi connectivity index (χ3n) is 3.24. The van der Waals surface area contributed by atoms with E-state index in [1.807, 2.05) is 0 Å². The molecule has 19 heavy (non-hydrogen) atoms. The zero-order valence-electron chi connectivity index (χ0n) is 10.5. The number of carbonyl (C=O) groups is 1. The van der Waals surface area contributed by atoms with Gasteiger partial charge in [-0.3, -0.25) is 4.79 Å². The number of benzene rings is 1. The number of hydrogen-bond acceptors (Lipinski definition) is 3. The third-order valence-corrected chi connectivity index (χ3v) is 4.48. The van der Waals surface area contributed by atoms with Crippen LogP contribution in [0.25, 0.3) is 0 Å². The fourth-order valence-corrected chi connectivity index (χ4v) is 2.90. The lowest BCUT2D eigenvalue weighted by Crippen LogP contribution is -2.31. The molecule has 1 aliphatic heterocycles. The molecular weight excluding hydrogens is 271 g/mol. The van der Waals surface area contributed by atoms with E-state index < -0.39 is 15.3 Å². The van der Waals surface area contributed by atoms with Crippen molar-refractivity contribution in [3.05, 3.63) is 35.1 Å². The standard InChI is InChI=1S/C12H15FN2O3S/c1-8-4-9(2-3-11(8)13)6-15-7-10(5-12(15)16)19(14,17)18/h2-4,10H,5-7H2,1H3,(H2,14,17,18). The summed E-state index contributed by atoms with van der Waals surface area (Å²) in [6.07, 6.45) is -0.0843. The number of likely N-dealkylation sites (tertiary alicyclic amines) is 1. The topological polar surface area (TPSA) is 80.5 Å². The van der Waals surface area contributed by atoms with Gasteiger partial charge in [-0.05, 0) is 24.1 Å². The van der Waals surface area contributed by atoms with Crippen LogP contribution in [-0.2, 0) is 21.4 Å². The van der Waals surface area contributed by atoms with E-state index in [2.05, 4.69) is 0 Å². The van der Waals surface area contributed by atoms with Gasteiger partial charge in [0.2, 0.25) is 15.9 Å². The number of nitrogens with two attached hydrogens (primary N) is 1. The molecule has 1 amide bonds. The monoisotopic (exact) mass is 286 g/mol. The van der Waals surface area contributed by atoms with Crippen molar-refractivity contribution in [2.24, 2.45) is 5.14 Å². The molecule has 1 aromatic carbocycles. The number of amides is 1. The van der Waals surface area contributed by atoms with Gasteiger partial charge in [0.15, 0.2) is 0 Å². The van der Waals surface area contributed by atoms with E-state index in [1.54, 1.807) is 19.1 Å². The Morgan fingerprint density at radius 3 is 2.68 bits per heavy atom. The number of sulfonamides is 1. The highest BCUT2D eigenvalue weighted by molar-refractivity contribution is 7.89. The highest BCUT2D eigenvalue weighted by atomic mass is 32.2. The molecule has 0 aliphatic carbocycles. The van der Waals surface area contributed by atoms with Crippen LogP contribution in [0.2, 0.25) is 0 Å². The molecule has 0 bridgehead atoms. The second-order valence-corrected chi connectivity index (χ2v) is 6.62. The Balaban J connectivity index is 2.12. The van der Waals surface area contributed by atoms with Gasteiger partial charge in [-0.1, -0.05) is 12.1 Å². The number of nitrogens with zero attached hydrogens (tertiary/aromatic N) is 1. The second kappa shape index (κ2) is 4.90. The molecule has 0 spiro atoms. The van der Waals surface area contributed by atoms with Gasteiger partial charge < -0.3 is 4.90 Å². The van der Waals surface area contributed by atoms with E-state index in [0.717, 1.165) is 5.56 Å². The normalized spacial score (nSPS) is 20.1. The van der Waals surface area contributed by atoms with Crippen molar-refractivity contribution >= 4 is 15.9 Å². The van der Waals surface area contributed by atoms with Crippen LogP contribution in [-0.4, -0.2) is 31.0 Å². The van der Waals surface area contributed by atoms with Gasteiger partial charge in [0.05, 0.1) is 0 Å². The fraction of sp³-hybridized carbons (Fsp3) is 0.417. The lowest BCUT2D eigenvalue weighted by molar-refractivity contribution is -0.128. The van der Waals surface area contributed by atoms with Gasteiger partial charge in [0, 0.05) is 19.5 Å². The minimum Gasteiger partial charge on any atom is -0.337 e. The van der Waals surface area contributed by atoms with Crippen LogP contribution in [0.1, 0.15) is 17.5 Å². The van der Waals surface area contributed by atoms with Crippen molar-refractivity contribution in [1.29, 1.82) is 0 Å². The molecule has 1 unspecified atom stereocenters. The molecule has 2 rings (SSSR count). The first-order valence-corrected chi connectivity index (χ1v) is 7.43. The molecule has 2 N–H and O–H groups in total. The average molecular weight is 286 g/mol. The Labute approximate surface area is 111 Å². The molecule has 0 radical (unpaired) electrons. The summed E-state index contributed by atoms with van der Waals surface area (Å²) in [5.41, 5.74) is 1.26. The van der Waals surface area contributed by atoms with E-state index in [1.165, 1.54) is 11.0 Å². The molecule has 1 aliphatic rings. The molecule has 7 heteroatoms. The molecular formula is C12H15FN2O3S. The first-order valence-electron chi connectivity index (χ1n) is 5.82. The van der Waals surface area contributed by atoms with Crippen molar-refractivity contribution in [1.82, 2.24) is 4.90 Å². The second-order valence-electron chi connectivity index (χ2n) is 4.77. The number of aryl methyl sites for hydroxylation is 1. The molecule has 1 heterocycles. The smallest absolute Gasteiger partial charge is 0.224 e. The van der Waals surface area contributed by atoms with Crippen LogP contribution in [0.5, 0.6) is 0 Å². The van der Waals surface area contributed by atoms with Crippen molar-refractivity contribution < 1.29 is 17.6 Å². The van der Waals surface area contributed by atoms with Gasteiger partial charge in [-0.2, -0.15) is 0 Å². The number of hydrogen-bond donors (Lipinski definition) is 1. The molecule has 0 saturated carbocycles. The van der Waals surface area contributed by atoms with Crippen molar-refractivity contribution in [3.63, 3.8) is 0 Å². The van der Waals surface area contributed by atoms with Gasteiger partial charge in [-0.15, -0.1) is 0 Å². The minimum absolute atomic E-state index is 0.0843. The number of carbonyl (C=O) groups excluding carboxylic acids is 1. The van der Waals surface area contributed by atoms with E-state index >= 15 is 0 Å². The summed E-state index contributed by atoms with van der Waals surface area (Å²) in [6.45, 7) is 2.00. The molecule has 0 aromatic heterocycles. The number of rotatable bonds is 3. The molecule has 1 fully saturated rings. The lowest BCUT2D eigenvalue weighted by Gasteiger charge is -2.16. The quantitative estimate of drug-likeness (QED) is 0.879. The molecule has 5 nitrogen and oxygen atoms in total. The minimum atomic E-state index is -3.70. The predicted octanol–water partition coefficient (Wildman–Crippen LogP) is 0.524. The Hall–Kier alpha value is -1.47. The van der Waals surface area contributed by atoms with Crippen molar-refractivity contribution in [3.8, 4) is 0 Å². The fourth-order valence-electron chi connectivity index (χ4n) is 2.13. The van der Waals surface area contributed by atoms with E-state index in [4.69, 9.17) is 5.14 Å². The third kappa shape index (κ3) is 3.10. The first kappa shape index (κ1) is 14.0. The van der Waals surface area contributed by atoms with Crippen molar-refractivity contribution in [2.75, 3.05) is 6.54 Å². The zero-order valence-corrected chi connectivity index (χ0v) is 11.3. The highest BCUT2D eigenvalue weighted by Gasteiger charge is 2.36. The van der Waals surface area contributed by atoms with E-state index in [9.17, 15) is 17.6 Å². The van der Waals surface area contributed by atoms with Gasteiger partial charge in [0.1, 0.15) is 11.1 Å². The van der Waals surface area contributed by atoms with Crippen LogP contribution < -0.4 is 5.14 Å². The molecule has 104 valence electrons. The lowest BCUT2D eigenvalue weighted by atomic mass is 10.1. The summed E-state index contributed by atoms with van der Waals surface area (Å²) in [6, 6.07) is 4.56. The first-order chi connectivity index (χ1) is 8.77. The highest BCUT2D eigenvalue weighted by Crippen LogP contribution is 2.20. The predicted molar refractivity (Wildman–Crippen MR) is 68.1 cm³/mol. The van der Waals surface area contributed by atoms with Crippen LogP contribution in [0.3, 0.4) is 0 Å². The Morgan fingerprint density at radius 1 is 1.47 bits per heavy atom. The van der Waals surface area contributed by atoms with Gasteiger partial charge in [-0.25, -0.2) is 17.9 Å². The van der Waals surface area contributed by atoms with Gasteiger partial charge >= 0.3 is 0 Å². The maximum Gasteiger partial charge on any atom is 0.224 e. The molecule has 1 saturated heterocycles. The summed E-state index contributed by atoms with van der Waals surface area (Å²) in [5.74, 6) is -0.556. The Morgan fingerprint density at radius 2 is 2.16 bits per heavy atom. The van der Waals surface area contributed by atoms with Crippen LogP contribution >= 0.6 is 0 Å². The maximum atomic E-state index is 13.1. The van der Waals surface area contributed by atoms with Gasteiger partial charge in [0.25, 0.3) is 0 Å². The Kier molecular flexibility index (Phi) is 3.60. The van der Waals surface area contributed by atoms with Crippen LogP contribution in [0.4, 0.5) is 4.39 Å². The van der Waals surface area contributed by atoms with Crippen molar-refractivity contribution in [2.45, 2.75) is 25.1 Å². The summed E-state index contributed by atoms with van der Waals surface area (Å²) >= 11 is 0. The van der Waals surface area contributed by atoms with Crippen LogP contribution in [0, 0.1) is 12.7 Å². The molecule has 1 aromatic rings. The maximum absolute atomic E-state index is 13.1. The summed E-state index contributed by atoms with van der Waals surface area (Å²) in [5, 5.41) is 4.20. The summed E-state index contributed by atoms with van der Waals surface area (Å²) in [4.78, 5) is 13.2. The SMILES string of the molecule is Cc1cc(CN2CC(S(N)(=O)=O)CC2=O)ccc1F. The average Bonchev–Trinajstić information content (AvgIpc) is 2.65. The molecule has 1 atom stereocenters. The Bertz CT molecular complexity index is 615. The number of halogens is 1.